The van der Waals surface area contributed by atoms with Gasteiger partial charge in [0.25, 0.3) is 0 Å². The number of carbonyl (C=O) groups excluding carboxylic acids is 1. The number of carbonyl (C=O) groups is 1. The van der Waals surface area contributed by atoms with E-state index in [1.165, 1.54) is 0 Å². The quantitative estimate of drug-likeness (QED) is 0.560. The number of rotatable bonds is 1. The van der Waals surface area contributed by atoms with E-state index in [0.717, 1.165) is 19.3 Å². The molecule has 0 aliphatic heterocycles. The second-order valence-electron chi connectivity index (χ2n) is 2.51. The fraction of sp³-hybridized carbons (Fsp3) is 0.833. The molecule has 1 saturated carbocycles. The average molecular weight is 148 g/mol. The van der Waals surface area contributed by atoms with Crippen LogP contribution in [0.2, 0.25) is 0 Å². The van der Waals surface area contributed by atoms with Crippen molar-refractivity contribution in [2.24, 2.45) is 11.7 Å². The van der Waals surface area contributed by atoms with Crippen molar-refractivity contribution in [3.05, 3.63) is 0 Å². The molecule has 0 heterocycles. The Bertz CT molecular complexity index is 126. The van der Waals surface area contributed by atoms with E-state index < -0.39 is 0 Å². The molecule has 0 radical (unpaired) electrons. The van der Waals surface area contributed by atoms with Crippen molar-refractivity contribution in [1.82, 2.24) is 0 Å². The third-order valence-electron chi connectivity index (χ3n) is 1.86. The van der Waals surface area contributed by atoms with E-state index in [-0.39, 0.29) is 17.2 Å². The highest BCUT2D eigenvalue weighted by atomic mass is 35.5. The van der Waals surface area contributed by atoms with E-state index in [2.05, 4.69) is 0 Å². The third-order valence-corrected chi connectivity index (χ3v) is 2.14. The highest BCUT2D eigenvalue weighted by Crippen LogP contribution is 2.25. The van der Waals surface area contributed by atoms with Crippen LogP contribution in [0, 0.1) is 5.92 Å². The van der Waals surface area contributed by atoms with Gasteiger partial charge in [-0.3, -0.25) is 4.79 Å². The zero-order chi connectivity index (χ0) is 6.85. The van der Waals surface area contributed by atoms with Gasteiger partial charge in [-0.05, 0) is 24.4 Å². The van der Waals surface area contributed by atoms with Gasteiger partial charge in [-0.25, -0.2) is 0 Å². The van der Waals surface area contributed by atoms with Crippen LogP contribution in [0.15, 0.2) is 0 Å². The molecule has 1 aliphatic rings. The van der Waals surface area contributed by atoms with Gasteiger partial charge in [0.15, 0.2) is 0 Å². The topological polar surface area (TPSA) is 43.1 Å². The van der Waals surface area contributed by atoms with Crippen LogP contribution < -0.4 is 5.73 Å². The van der Waals surface area contributed by atoms with Gasteiger partial charge in [0, 0.05) is 12.0 Å². The summed E-state index contributed by atoms with van der Waals surface area (Å²) in [6.07, 6.45) is 2.87. The molecule has 1 fully saturated rings. The Morgan fingerprint density at radius 1 is 1.56 bits per heavy atom. The zero-order valence-electron chi connectivity index (χ0n) is 5.14. The first kappa shape index (κ1) is 7.03. The highest BCUT2D eigenvalue weighted by Gasteiger charge is 2.28. The Morgan fingerprint density at radius 3 is 2.44 bits per heavy atom. The summed E-state index contributed by atoms with van der Waals surface area (Å²) in [5, 5.41) is -0.264. The standard InChI is InChI=1S/C6H10ClNO/c7-6(9)4-2-1-3-5(4)8/h4-5H,1-3,8H2/t4-,5+/m0/s1. The van der Waals surface area contributed by atoms with Crippen LogP contribution >= 0.6 is 11.6 Å². The van der Waals surface area contributed by atoms with Gasteiger partial charge in [-0.1, -0.05) is 6.42 Å². The molecular weight excluding hydrogens is 138 g/mol. The molecule has 1 aliphatic carbocycles. The second-order valence-corrected chi connectivity index (χ2v) is 2.88. The average Bonchev–Trinajstić information content (AvgIpc) is 2.13. The normalized spacial score (nSPS) is 34.9. The molecule has 9 heavy (non-hydrogen) atoms. The van der Waals surface area contributed by atoms with Gasteiger partial charge in [0.05, 0.1) is 0 Å². The predicted octanol–water partition coefficient (Wildman–Crippen LogP) is 0.879. The van der Waals surface area contributed by atoms with Gasteiger partial charge in [-0.15, -0.1) is 0 Å². The van der Waals surface area contributed by atoms with Gasteiger partial charge < -0.3 is 5.73 Å². The molecule has 0 aromatic rings. The minimum absolute atomic E-state index is 0.0231. The molecule has 2 atom stereocenters. The minimum Gasteiger partial charge on any atom is -0.327 e. The lowest BCUT2D eigenvalue weighted by Crippen LogP contribution is -2.28. The molecule has 52 valence electrons. The Labute approximate surface area is 59.4 Å². The van der Waals surface area contributed by atoms with Gasteiger partial charge in [0.1, 0.15) is 0 Å². The molecular formula is C6H10ClNO. The van der Waals surface area contributed by atoms with Gasteiger partial charge >= 0.3 is 0 Å². The minimum atomic E-state index is -0.264. The molecule has 0 saturated heterocycles. The van der Waals surface area contributed by atoms with Crippen molar-refractivity contribution >= 4 is 16.8 Å². The molecule has 0 bridgehead atoms. The fourth-order valence-corrected chi connectivity index (χ4v) is 1.54. The molecule has 0 aromatic carbocycles. The van der Waals surface area contributed by atoms with Crippen LogP contribution in [-0.2, 0) is 4.79 Å². The summed E-state index contributed by atoms with van der Waals surface area (Å²) in [6, 6.07) is 0.0231. The van der Waals surface area contributed by atoms with Crippen LogP contribution in [0.1, 0.15) is 19.3 Å². The zero-order valence-corrected chi connectivity index (χ0v) is 5.90. The number of hydrogen-bond acceptors (Lipinski definition) is 2. The summed E-state index contributed by atoms with van der Waals surface area (Å²) in [6.45, 7) is 0. The SMILES string of the molecule is N[C@@H]1CCC[C@@H]1C(=O)Cl. The molecule has 0 amide bonds. The summed E-state index contributed by atoms with van der Waals surface area (Å²) in [5.74, 6) is -0.0633. The summed E-state index contributed by atoms with van der Waals surface area (Å²) >= 11 is 5.26. The summed E-state index contributed by atoms with van der Waals surface area (Å²) in [5.41, 5.74) is 5.57. The Balaban J connectivity index is 2.49. The Kier molecular flexibility index (Phi) is 2.09. The molecule has 3 heteroatoms. The van der Waals surface area contributed by atoms with Crippen molar-refractivity contribution in [2.45, 2.75) is 25.3 Å². The van der Waals surface area contributed by atoms with Crippen molar-refractivity contribution < 1.29 is 4.79 Å². The fourth-order valence-electron chi connectivity index (χ4n) is 1.27. The van der Waals surface area contributed by atoms with Gasteiger partial charge in [-0.2, -0.15) is 0 Å². The third kappa shape index (κ3) is 1.43. The maximum Gasteiger partial charge on any atom is 0.226 e. The van der Waals surface area contributed by atoms with Crippen LogP contribution in [0.3, 0.4) is 0 Å². The van der Waals surface area contributed by atoms with E-state index in [1.807, 2.05) is 0 Å². The molecule has 2 N–H and O–H groups in total. The summed E-state index contributed by atoms with van der Waals surface area (Å²) in [7, 11) is 0. The molecule has 1 rings (SSSR count). The number of nitrogens with two attached hydrogens (primary N) is 1. The van der Waals surface area contributed by atoms with Crippen molar-refractivity contribution in [3.8, 4) is 0 Å². The number of hydrogen-bond donors (Lipinski definition) is 1. The monoisotopic (exact) mass is 147 g/mol. The maximum absolute atomic E-state index is 10.5. The van der Waals surface area contributed by atoms with Crippen molar-refractivity contribution in [2.75, 3.05) is 0 Å². The maximum atomic E-state index is 10.5. The summed E-state index contributed by atoms with van der Waals surface area (Å²) in [4.78, 5) is 10.5. The number of halogens is 1. The summed E-state index contributed by atoms with van der Waals surface area (Å²) < 4.78 is 0. The van der Waals surface area contributed by atoms with E-state index >= 15 is 0 Å². The van der Waals surface area contributed by atoms with E-state index in [4.69, 9.17) is 17.3 Å². The highest BCUT2D eigenvalue weighted by molar-refractivity contribution is 6.64. The lowest BCUT2D eigenvalue weighted by atomic mass is 10.1. The van der Waals surface area contributed by atoms with E-state index in [0.29, 0.717) is 0 Å². The molecule has 2 nitrogen and oxygen atoms in total. The first-order chi connectivity index (χ1) is 4.22. The van der Waals surface area contributed by atoms with Crippen molar-refractivity contribution in [3.63, 3.8) is 0 Å². The van der Waals surface area contributed by atoms with Gasteiger partial charge in [0.2, 0.25) is 5.24 Å². The van der Waals surface area contributed by atoms with Crippen molar-refractivity contribution in [1.29, 1.82) is 0 Å². The first-order valence-corrected chi connectivity index (χ1v) is 3.54. The van der Waals surface area contributed by atoms with E-state index in [9.17, 15) is 4.79 Å². The Hall–Kier alpha value is -0.0800. The lowest BCUT2D eigenvalue weighted by molar-refractivity contribution is -0.115. The predicted molar refractivity (Wildman–Crippen MR) is 36.2 cm³/mol. The smallest absolute Gasteiger partial charge is 0.226 e. The first-order valence-electron chi connectivity index (χ1n) is 3.16. The lowest BCUT2D eigenvalue weighted by Gasteiger charge is -2.07. The molecule has 0 aromatic heterocycles. The van der Waals surface area contributed by atoms with Crippen LogP contribution in [0.4, 0.5) is 0 Å². The largest absolute Gasteiger partial charge is 0.327 e. The van der Waals surface area contributed by atoms with Crippen LogP contribution in [-0.4, -0.2) is 11.3 Å². The van der Waals surface area contributed by atoms with Crippen LogP contribution in [0.5, 0.6) is 0 Å². The Morgan fingerprint density at radius 2 is 2.22 bits per heavy atom. The van der Waals surface area contributed by atoms with E-state index in [1.54, 1.807) is 0 Å². The van der Waals surface area contributed by atoms with Crippen LogP contribution in [0.25, 0.3) is 0 Å². The molecule has 0 unspecified atom stereocenters. The molecule has 0 spiro atoms. The second kappa shape index (κ2) is 2.67.